The Morgan fingerprint density at radius 2 is 2.07 bits per heavy atom. The van der Waals surface area contributed by atoms with Crippen molar-refractivity contribution in [3.63, 3.8) is 0 Å². The topological polar surface area (TPSA) is 67.0 Å². The number of halogens is 1. The third kappa shape index (κ3) is 2.75. The highest BCUT2D eigenvalue weighted by Gasteiger charge is 2.59. The highest BCUT2D eigenvalue weighted by atomic mass is 79.9. The van der Waals surface area contributed by atoms with Gasteiger partial charge < -0.3 is 15.0 Å². The van der Waals surface area contributed by atoms with Crippen molar-refractivity contribution in [2.45, 2.75) is 61.8 Å². The van der Waals surface area contributed by atoms with E-state index in [1.54, 1.807) is 0 Å². The fourth-order valence-corrected chi connectivity index (χ4v) is 8.19. The number of amides is 1. The van der Waals surface area contributed by atoms with Gasteiger partial charge in [-0.15, -0.1) is 0 Å². The fourth-order valence-electron chi connectivity index (χ4n) is 6.73. The molecule has 2 N–H and O–H groups in total. The maximum atomic E-state index is 13.4. The molecule has 2 aromatic rings. The molecule has 28 heavy (non-hydrogen) atoms. The van der Waals surface area contributed by atoms with Crippen LogP contribution in [0.4, 0.5) is 5.69 Å². The summed E-state index contributed by atoms with van der Waals surface area (Å²) in [6, 6.07) is 5.99. The zero-order valence-corrected chi connectivity index (χ0v) is 17.6. The smallest absolute Gasteiger partial charge is 0.230 e. The van der Waals surface area contributed by atoms with Gasteiger partial charge in [-0.2, -0.15) is 0 Å². The van der Waals surface area contributed by atoms with Crippen molar-refractivity contribution in [3.8, 4) is 0 Å². The van der Waals surface area contributed by atoms with Crippen LogP contribution in [0, 0.1) is 17.3 Å². The second-order valence-corrected chi connectivity index (χ2v) is 11.4. The molecule has 1 aliphatic heterocycles. The molecule has 0 radical (unpaired) electrons. The van der Waals surface area contributed by atoms with Crippen molar-refractivity contribution in [2.75, 3.05) is 11.9 Å². The summed E-state index contributed by atoms with van der Waals surface area (Å²) in [5.41, 5.74) is 2.56. The van der Waals surface area contributed by atoms with Gasteiger partial charge in [-0.1, -0.05) is 15.9 Å². The minimum atomic E-state index is -0.195. The lowest BCUT2D eigenvalue weighted by Crippen LogP contribution is -2.57. The number of nitrogens with one attached hydrogen (secondary N) is 2. The summed E-state index contributed by atoms with van der Waals surface area (Å²) in [4.78, 5) is 21.5. The summed E-state index contributed by atoms with van der Waals surface area (Å²) in [6.07, 6.45) is 9.06. The number of anilines is 1. The quantitative estimate of drug-likeness (QED) is 0.649. The number of H-pyrrole nitrogens is 1. The van der Waals surface area contributed by atoms with E-state index in [4.69, 9.17) is 4.74 Å². The molecule has 1 saturated heterocycles. The zero-order valence-electron chi connectivity index (χ0n) is 16.0. The summed E-state index contributed by atoms with van der Waals surface area (Å²) in [5, 5.41) is 3.25. The van der Waals surface area contributed by atoms with Crippen molar-refractivity contribution in [1.29, 1.82) is 0 Å². The van der Waals surface area contributed by atoms with E-state index in [9.17, 15) is 4.79 Å². The summed E-state index contributed by atoms with van der Waals surface area (Å²) in [6.45, 7) is 0.808. The molecule has 5 fully saturated rings. The zero-order chi connectivity index (χ0) is 18.9. The molecule has 3 unspecified atom stereocenters. The molecule has 5 nitrogen and oxygen atoms in total. The Kier molecular flexibility index (Phi) is 3.77. The van der Waals surface area contributed by atoms with E-state index in [2.05, 4.69) is 31.2 Å². The number of imidazole rings is 1. The van der Waals surface area contributed by atoms with Crippen LogP contribution in [0.15, 0.2) is 18.2 Å². The number of hydrogen-bond donors (Lipinski definition) is 2. The Morgan fingerprint density at radius 1 is 1.25 bits per heavy atom. The summed E-state index contributed by atoms with van der Waals surface area (Å²) < 4.78 is 5.93. The van der Waals surface area contributed by atoms with Crippen LogP contribution < -0.4 is 5.32 Å². The van der Waals surface area contributed by atoms with Gasteiger partial charge >= 0.3 is 0 Å². The fraction of sp³-hybridized carbons (Fsp3) is 0.636. The number of ether oxygens (including phenoxy) is 1. The summed E-state index contributed by atoms with van der Waals surface area (Å²) >= 11 is 4.01. The number of aromatic nitrogens is 2. The maximum absolute atomic E-state index is 13.4. The van der Waals surface area contributed by atoms with Crippen LogP contribution in [0.25, 0.3) is 11.0 Å². The van der Waals surface area contributed by atoms with Gasteiger partial charge in [0, 0.05) is 16.6 Å². The van der Waals surface area contributed by atoms with Crippen LogP contribution in [0.5, 0.6) is 0 Å². The number of carbonyl (C=O) groups is 1. The highest BCUT2D eigenvalue weighted by Crippen LogP contribution is 2.64. The third-order valence-corrected chi connectivity index (χ3v) is 8.39. The molecule has 5 aliphatic rings. The molecular weight excluding hydrogens is 418 g/mol. The molecule has 4 aliphatic carbocycles. The molecule has 4 saturated carbocycles. The number of aromatic amines is 1. The maximum Gasteiger partial charge on any atom is 0.230 e. The van der Waals surface area contributed by atoms with E-state index in [1.807, 2.05) is 18.2 Å². The van der Waals surface area contributed by atoms with Crippen LogP contribution in [-0.2, 0) is 9.53 Å². The molecule has 1 amide bonds. The van der Waals surface area contributed by atoms with E-state index < -0.39 is 0 Å². The first kappa shape index (κ1) is 17.5. The molecule has 0 spiro atoms. The van der Waals surface area contributed by atoms with Crippen molar-refractivity contribution in [2.24, 2.45) is 17.3 Å². The lowest BCUT2D eigenvalue weighted by atomic mass is 9.49. The van der Waals surface area contributed by atoms with E-state index >= 15 is 0 Å². The molecule has 1 aromatic carbocycles. The Morgan fingerprint density at radius 3 is 2.79 bits per heavy atom. The molecular formula is C22H26BrN3O2. The molecule has 2 heterocycles. The lowest BCUT2D eigenvalue weighted by Gasteiger charge is -2.59. The number of alkyl halides is 1. The van der Waals surface area contributed by atoms with Crippen molar-refractivity contribution in [3.05, 3.63) is 24.0 Å². The largest absolute Gasteiger partial charge is 0.370 e. The van der Waals surface area contributed by atoms with Crippen LogP contribution in [-0.4, -0.2) is 26.8 Å². The van der Waals surface area contributed by atoms with E-state index in [0.29, 0.717) is 11.8 Å². The molecule has 148 valence electrons. The van der Waals surface area contributed by atoms with Gasteiger partial charge in [-0.05, 0) is 81.4 Å². The average molecular weight is 444 g/mol. The van der Waals surface area contributed by atoms with Gasteiger partial charge in [0.25, 0.3) is 0 Å². The van der Waals surface area contributed by atoms with Gasteiger partial charge in [-0.25, -0.2) is 4.98 Å². The Bertz CT molecular complexity index is 934. The second kappa shape index (κ2) is 6.05. The standard InChI is InChI=1S/C22H26BrN3O2/c23-22-10-13-6-14(11-22)9-21(8-13,12-22)20(27)24-15-3-4-16-17(7-15)26-19(25-16)18-2-1-5-28-18/h3-4,7,13-14,18H,1-2,5-6,8-12H2,(H,24,27)(H,25,26). The third-order valence-electron chi connectivity index (χ3n) is 7.46. The van der Waals surface area contributed by atoms with Crippen LogP contribution in [0.3, 0.4) is 0 Å². The summed E-state index contributed by atoms with van der Waals surface area (Å²) in [5.74, 6) is 2.52. The second-order valence-electron chi connectivity index (χ2n) is 9.70. The van der Waals surface area contributed by atoms with Crippen molar-refractivity contribution < 1.29 is 9.53 Å². The first-order chi connectivity index (χ1) is 13.5. The van der Waals surface area contributed by atoms with Gasteiger partial charge in [-0.3, -0.25) is 4.79 Å². The molecule has 4 bridgehead atoms. The minimum absolute atomic E-state index is 0.0765. The van der Waals surface area contributed by atoms with Crippen molar-refractivity contribution >= 4 is 38.6 Å². The number of hydrogen-bond acceptors (Lipinski definition) is 3. The number of fused-ring (bicyclic) bond motifs is 1. The predicted octanol–water partition coefficient (Wildman–Crippen LogP) is 5.09. The Hall–Kier alpha value is -1.40. The number of benzene rings is 1. The Balaban J connectivity index is 1.25. The van der Waals surface area contributed by atoms with E-state index in [-0.39, 0.29) is 21.8 Å². The van der Waals surface area contributed by atoms with E-state index in [0.717, 1.165) is 61.3 Å². The normalized spacial score (nSPS) is 39.0. The average Bonchev–Trinajstić information content (AvgIpc) is 3.28. The lowest BCUT2D eigenvalue weighted by molar-refractivity contribution is -0.138. The summed E-state index contributed by atoms with van der Waals surface area (Å²) in [7, 11) is 0. The van der Waals surface area contributed by atoms with Crippen LogP contribution in [0.1, 0.15) is 63.3 Å². The van der Waals surface area contributed by atoms with Gasteiger partial charge in [0.1, 0.15) is 11.9 Å². The first-order valence-electron chi connectivity index (χ1n) is 10.6. The minimum Gasteiger partial charge on any atom is -0.370 e. The molecule has 3 atom stereocenters. The Labute approximate surface area is 173 Å². The van der Waals surface area contributed by atoms with Crippen LogP contribution in [0.2, 0.25) is 0 Å². The highest BCUT2D eigenvalue weighted by molar-refractivity contribution is 9.10. The predicted molar refractivity (Wildman–Crippen MR) is 111 cm³/mol. The molecule has 6 heteroatoms. The van der Waals surface area contributed by atoms with E-state index in [1.165, 1.54) is 19.3 Å². The van der Waals surface area contributed by atoms with Gasteiger partial charge in [0.15, 0.2) is 0 Å². The number of nitrogens with zero attached hydrogens (tertiary/aromatic N) is 1. The number of carbonyl (C=O) groups excluding carboxylic acids is 1. The SMILES string of the molecule is O=C(Nc1ccc2nc(C3CCCO3)[nH]c2c1)C12CC3CC(CC(Br)(C3)C1)C2. The van der Waals surface area contributed by atoms with Crippen LogP contribution >= 0.6 is 15.9 Å². The van der Waals surface area contributed by atoms with Crippen molar-refractivity contribution in [1.82, 2.24) is 9.97 Å². The first-order valence-corrected chi connectivity index (χ1v) is 11.4. The monoisotopic (exact) mass is 443 g/mol. The van der Waals surface area contributed by atoms with Gasteiger partial charge in [0.2, 0.25) is 5.91 Å². The van der Waals surface area contributed by atoms with Gasteiger partial charge in [0.05, 0.1) is 16.4 Å². The number of rotatable bonds is 3. The molecule has 7 rings (SSSR count). The molecule has 1 aromatic heterocycles.